The van der Waals surface area contributed by atoms with E-state index in [4.69, 9.17) is 4.74 Å². The van der Waals surface area contributed by atoms with E-state index in [0.29, 0.717) is 13.2 Å². The topological polar surface area (TPSA) is 82.2 Å². The summed E-state index contributed by atoms with van der Waals surface area (Å²) in [5.74, 6) is -0.0419. The van der Waals surface area contributed by atoms with Crippen LogP contribution in [0.25, 0.3) is 0 Å². The molecule has 1 unspecified atom stereocenters. The van der Waals surface area contributed by atoms with E-state index in [1.54, 1.807) is 25.1 Å². The third kappa shape index (κ3) is 2.44. The Kier molecular flexibility index (Phi) is 3.79. The van der Waals surface area contributed by atoms with Gasteiger partial charge in [-0.3, -0.25) is 0 Å². The first-order valence-electron chi connectivity index (χ1n) is 6.90. The molecule has 0 aromatic carbocycles. The molecule has 0 bridgehead atoms. The highest BCUT2D eigenvalue weighted by atomic mass is 32.2. The Morgan fingerprint density at radius 1 is 1.32 bits per heavy atom. The largest absolute Gasteiger partial charge is 0.384 e. The van der Waals surface area contributed by atoms with Crippen molar-refractivity contribution in [1.82, 2.24) is 23.4 Å². The summed E-state index contributed by atoms with van der Waals surface area (Å²) in [5.41, 5.74) is 1.81. The van der Waals surface area contributed by atoms with Crippen LogP contribution in [0.15, 0.2) is 23.9 Å². The molecule has 0 saturated heterocycles. The van der Waals surface area contributed by atoms with Crippen molar-refractivity contribution in [3.05, 3.63) is 30.2 Å². The standard InChI is InChI=1S/C13H19N5O3S/c1-16-6-12(15-8-16)22(19,20)18-4-10(7-21-3)13-11(5-18)14-9-17(13)2/h6,8-10H,4-5,7H2,1-3H3. The Hall–Kier alpha value is -1.71. The Morgan fingerprint density at radius 3 is 2.73 bits per heavy atom. The fraction of sp³-hybridized carbons (Fsp3) is 0.538. The molecule has 9 heteroatoms. The normalized spacial score (nSPS) is 19.3. The number of aryl methyl sites for hydroxylation is 2. The summed E-state index contributed by atoms with van der Waals surface area (Å²) in [4.78, 5) is 8.30. The van der Waals surface area contributed by atoms with Gasteiger partial charge in [-0.25, -0.2) is 18.4 Å². The number of hydrogen-bond acceptors (Lipinski definition) is 5. The van der Waals surface area contributed by atoms with Crippen molar-refractivity contribution in [3.63, 3.8) is 0 Å². The van der Waals surface area contributed by atoms with Gasteiger partial charge in [0, 0.05) is 45.6 Å². The lowest BCUT2D eigenvalue weighted by Gasteiger charge is -2.31. The highest BCUT2D eigenvalue weighted by Gasteiger charge is 2.36. The Balaban J connectivity index is 1.97. The summed E-state index contributed by atoms with van der Waals surface area (Å²) in [6.45, 7) is 1.06. The van der Waals surface area contributed by atoms with E-state index >= 15 is 0 Å². The molecule has 22 heavy (non-hydrogen) atoms. The Labute approximate surface area is 129 Å². The average molecular weight is 325 g/mol. The first-order chi connectivity index (χ1) is 10.4. The molecule has 8 nitrogen and oxygen atoms in total. The van der Waals surface area contributed by atoms with Crippen LogP contribution in [-0.4, -0.2) is 52.1 Å². The summed E-state index contributed by atoms with van der Waals surface area (Å²) in [6.07, 6.45) is 4.70. The van der Waals surface area contributed by atoms with Crippen LogP contribution < -0.4 is 0 Å². The average Bonchev–Trinajstić information content (AvgIpc) is 3.06. The fourth-order valence-electron chi connectivity index (χ4n) is 2.87. The van der Waals surface area contributed by atoms with Crippen LogP contribution in [0.1, 0.15) is 17.3 Å². The van der Waals surface area contributed by atoms with Crippen molar-refractivity contribution in [2.75, 3.05) is 20.3 Å². The summed E-state index contributed by atoms with van der Waals surface area (Å²) in [5, 5.41) is 0.0607. The molecule has 0 N–H and O–H groups in total. The molecule has 1 aliphatic heterocycles. The lowest BCUT2D eigenvalue weighted by atomic mass is 10.0. The number of nitrogens with zero attached hydrogens (tertiary/aromatic N) is 5. The number of rotatable bonds is 4. The molecule has 0 aliphatic carbocycles. The second-order valence-electron chi connectivity index (χ2n) is 5.51. The first-order valence-corrected chi connectivity index (χ1v) is 8.34. The molecular weight excluding hydrogens is 306 g/mol. The number of imidazole rings is 2. The minimum atomic E-state index is -3.63. The number of aromatic nitrogens is 4. The molecule has 0 amide bonds. The lowest BCUT2D eigenvalue weighted by molar-refractivity contribution is 0.159. The molecule has 0 fully saturated rings. The van der Waals surface area contributed by atoms with Crippen LogP contribution >= 0.6 is 0 Å². The molecule has 0 radical (unpaired) electrons. The molecule has 1 aliphatic rings. The number of fused-ring (bicyclic) bond motifs is 1. The highest BCUT2D eigenvalue weighted by Crippen LogP contribution is 2.30. The Morgan fingerprint density at radius 2 is 2.09 bits per heavy atom. The summed E-state index contributed by atoms with van der Waals surface area (Å²) in [7, 11) is 1.64. The van der Waals surface area contributed by atoms with Crippen molar-refractivity contribution in [1.29, 1.82) is 0 Å². The van der Waals surface area contributed by atoms with Crippen LogP contribution in [0, 0.1) is 0 Å². The van der Waals surface area contributed by atoms with E-state index in [9.17, 15) is 8.42 Å². The highest BCUT2D eigenvalue weighted by molar-refractivity contribution is 7.89. The molecule has 2 aromatic heterocycles. The van der Waals surface area contributed by atoms with Gasteiger partial charge in [-0.1, -0.05) is 0 Å². The van der Waals surface area contributed by atoms with E-state index < -0.39 is 10.0 Å². The number of hydrogen-bond donors (Lipinski definition) is 0. The van der Waals surface area contributed by atoms with Gasteiger partial charge in [0.1, 0.15) is 0 Å². The van der Waals surface area contributed by atoms with E-state index in [0.717, 1.165) is 11.4 Å². The molecule has 0 saturated carbocycles. The van der Waals surface area contributed by atoms with Gasteiger partial charge in [-0.15, -0.1) is 0 Å². The van der Waals surface area contributed by atoms with Crippen molar-refractivity contribution in [2.45, 2.75) is 17.5 Å². The molecule has 1 atom stereocenters. The van der Waals surface area contributed by atoms with Crippen molar-refractivity contribution >= 4 is 10.0 Å². The smallest absolute Gasteiger partial charge is 0.262 e. The molecule has 2 aromatic rings. The second-order valence-corrected chi connectivity index (χ2v) is 7.40. The number of sulfonamides is 1. The molecule has 3 heterocycles. The van der Waals surface area contributed by atoms with Gasteiger partial charge in [0.05, 0.1) is 31.5 Å². The fourth-order valence-corrected chi connectivity index (χ4v) is 4.28. The van der Waals surface area contributed by atoms with Crippen LogP contribution in [-0.2, 0) is 35.4 Å². The van der Waals surface area contributed by atoms with Gasteiger partial charge < -0.3 is 13.9 Å². The molecule has 0 spiro atoms. The Bertz CT molecular complexity index is 779. The minimum absolute atomic E-state index is 0.0419. The van der Waals surface area contributed by atoms with E-state index in [1.165, 1.54) is 16.8 Å². The molecule has 120 valence electrons. The summed E-state index contributed by atoms with van der Waals surface area (Å²) < 4.78 is 35.7. The van der Waals surface area contributed by atoms with Crippen molar-refractivity contribution in [2.24, 2.45) is 14.1 Å². The van der Waals surface area contributed by atoms with E-state index in [-0.39, 0.29) is 17.5 Å². The van der Waals surface area contributed by atoms with Crippen LogP contribution in [0.5, 0.6) is 0 Å². The summed E-state index contributed by atoms with van der Waals surface area (Å²) in [6, 6.07) is 0. The monoisotopic (exact) mass is 325 g/mol. The van der Waals surface area contributed by atoms with Crippen molar-refractivity contribution < 1.29 is 13.2 Å². The van der Waals surface area contributed by atoms with Gasteiger partial charge in [0.25, 0.3) is 10.0 Å². The van der Waals surface area contributed by atoms with Gasteiger partial charge in [-0.05, 0) is 0 Å². The zero-order chi connectivity index (χ0) is 15.9. The SMILES string of the molecule is COCC1CN(S(=O)(=O)c2cn(C)cn2)Cc2ncn(C)c21. The van der Waals surface area contributed by atoms with Gasteiger partial charge in [0.2, 0.25) is 0 Å². The third-order valence-corrected chi connectivity index (χ3v) is 5.55. The van der Waals surface area contributed by atoms with E-state index in [2.05, 4.69) is 9.97 Å². The molecular formula is C13H19N5O3S. The maximum absolute atomic E-state index is 12.7. The maximum Gasteiger partial charge on any atom is 0.262 e. The number of methoxy groups -OCH3 is 1. The zero-order valence-corrected chi connectivity index (χ0v) is 13.6. The van der Waals surface area contributed by atoms with Gasteiger partial charge in [-0.2, -0.15) is 4.31 Å². The van der Waals surface area contributed by atoms with Crippen LogP contribution in [0.3, 0.4) is 0 Å². The van der Waals surface area contributed by atoms with Gasteiger partial charge >= 0.3 is 0 Å². The summed E-state index contributed by atoms with van der Waals surface area (Å²) >= 11 is 0. The minimum Gasteiger partial charge on any atom is -0.384 e. The van der Waals surface area contributed by atoms with Crippen LogP contribution in [0.4, 0.5) is 0 Å². The predicted molar refractivity (Wildman–Crippen MR) is 78.6 cm³/mol. The third-order valence-electron chi connectivity index (χ3n) is 3.85. The quantitative estimate of drug-likeness (QED) is 0.795. The zero-order valence-electron chi connectivity index (χ0n) is 12.8. The second kappa shape index (κ2) is 5.49. The van der Waals surface area contributed by atoms with Crippen LogP contribution in [0.2, 0.25) is 0 Å². The lowest BCUT2D eigenvalue weighted by Crippen LogP contribution is -2.40. The maximum atomic E-state index is 12.7. The van der Waals surface area contributed by atoms with E-state index in [1.807, 2.05) is 11.6 Å². The van der Waals surface area contributed by atoms with Gasteiger partial charge in [0.15, 0.2) is 5.03 Å². The van der Waals surface area contributed by atoms with Crippen molar-refractivity contribution in [3.8, 4) is 0 Å². The predicted octanol–water partition coefficient (Wildman–Crippen LogP) is 0.0881. The number of ether oxygens (including phenoxy) is 1. The molecule has 3 rings (SSSR count). The first kappa shape index (κ1) is 15.2.